The fourth-order valence-electron chi connectivity index (χ4n) is 3.53. The highest BCUT2D eigenvalue weighted by Crippen LogP contribution is 2.19. The van der Waals surface area contributed by atoms with Gasteiger partial charge in [-0.1, -0.05) is 120 Å². The molecule has 0 fully saturated rings. The number of hydrogen-bond donors (Lipinski definition) is 0. The molecule has 0 unspecified atom stereocenters. The third kappa shape index (κ3) is 5.25. The smallest absolute Gasteiger partial charge is 0.426 e. The first-order valence-electron chi connectivity index (χ1n) is 10.8. The minimum absolute atomic E-state index is 0.0870. The van der Waals surface area contributed by atoms with Gasteiger partial charge >= 0.3 is 6.92 Å². The summed E-state index contributed by atoms with van der Waals surface area (Å²) in [5.41, 5.74) is 5.94. The van der Waals surface area contributed by atoms with Gasteiger partial charge in [-0.25, -0.2) is 0 Å². The quantitative estimate of drug-likeness (QED) is 0.176. The molecule has 32 heavy (non-hydrogen) atoms. The van der Waals surface area contributed by atoms with Gasteiger partial charge in [0.2, 0.25) is 0 Å². The SMILES string of the molecule is Cc1ccc(B(O/C(=C\C(=O)c2ccccc2)c2ccccc2)c2ccc(C)cc2)cc1. The van der Waals surface area contributed by atoms with Crippen LogP contribution in [0.3, 0.4) is 0 Å². The number of benzene rings is 4. The van der Waals surface area contributed by atoms with Crippen LogP contribution in [0.25, 0.3) is 5.76 Å². The topological polar surface area (TPSA) is 26.3 Å². The lowest BCUT2D eigenvalue weighted by Crippen LogP contribution is -2.44. The van der Waals surface area contributed by atoms with E-state index in [2.05, 4.69) is 62.4 Å². The van der Waals surface area contributed by atoms with Crippen LogP contribution in [0.5, 0.6) is 0 Å². The maximum atomic E-state index is 13.0. The van der Waals surface area contributed by atoms with Crippen LogP contribution in [0.4, 0.5) is 0 Å². The summed E-state index contributed by atoms with van der Waals surface area (Å²) >= 11 is 0. The van der Waals surface area contributed by atoms with Crippen molar-refractivity contribution in [2.75, 3.05) is 0 Å². The van der Waals surface area contributed by atoms with Gasteiger partial charge in [0, 0.05) is 17.2 Å². The van der Waals surface area contributed by atoms with Crippen LogP contribution in [-0.4, -0.2) is 12.7 Å². The Morgan fingerprint density at radius 3 is 1.53 bits per heavy atom. The van der Waals surface area contributed by atoms with Crippen LogP contribution in [0.15, 0.2) is 115 Å². The molecular weight excluding hydrogens is 391 g/mol. The van der Waals surface area contributed by atoms with Gasteiger partial charge in [-0.05, 0) is 24.8 Å². The zero-order chi connectivity index (χ0) is 22.3. The first kappa shape index (κ1) is 21.4. The van der Waals surface area contributed by atoms with E-state index in [0.717, 1.165) is 16.5 Å². The molecule has 0 saturated carbocycles. The van der Waals surface area contributed by atoms with Crippen molar-refractivity contribution in [2.24, 2.45) is 0 Å². The summed E-state index contributed by atoms with van der Waals surface area (Å²) in [5, 5.41) is 0. The molecule has 0 bridgehead atoms. The van der Waals surface area contributed by atoms with Crippen molar-refractivity contribution in [1.29, 1.82) is 0 Å². The van der Waals surface area contributed by atoms with Crippen LogP contribution in [0.2, 0.25) is 0 Å². The average Bonchev–Trinajstić information content (AvgIpc) is 2.84. The van der Waals surface area contributed by atoms with Gasteiger partial charge in [-0.3, -0.25) is 4.79 Å². The Kier molecular flexibility index (Phi) is 6.67. The van der Waals surface area contributed by atoms with E-state index in [1.165, 1.54) is 11.1 Å². The molecular formula is C29H25BO2. The second-order valence-electron chi connectivity index (χ2n) is 7.92. The average molecular weight is 416 g/mol. The van der Waals surface area contributed by atoms with E-state index >= 15 is 0 Å². The molecule has 0 radical (unpaired) electrons. The zero-order valence-electron chi connectivity index (χ0n) is 18.4. The van der Waals surface area contributed by atoms with Gasteiger partial charge in [-0.15, -0.1) is 0 Å². The van der Waals surface area contributed by atoms with Gasteiger partial charge < -0.3 is 4.65 Å². The van der Waals surface area contributed by atoms with Crippen molar-refractivity contribution in [1.82, 2.24) is 0 Å². The first-order valence-corrected chi connectivity index (χ1v) is 10.8. The monoisotopic (exact) mass is 416 g/mol. The Hall–Kier alpha value is -3.85. The van der Waals surface area contributed by atoms with Crippen LogP contribution < -0.4 is 10.9 Å². The lowest BCUT2D eigenvalue weighted by atomic mass is 9.55. The number of allylic oxidation sites excluding steroid dienone is 1. The van der Waals surface area contributed by atoms with Crippen molar-refractivity contribution < 1.29 is 9.45 Å². The highest BCUT2D eigenvalue weighted by Gasteiger charge is 2.25. The van der Waals surface area contributed by atoms with E-state index in [4.69, 9.17) is 4.65 Å². The van der Waals surface area contributed by atoms with Gasteiger partial charge in [0.15, 0.2) is 5.78 Å². The van der Waals surface area contributed by atoms with Gasteiger partial charge in [-0.2, -0.15) is 0 Å². The summed E-state index contributed by atoms with van der Waals surface area (Å²) in [6, 6.07) is 35.7. The Bertz CT molecular complexity index is 1150. The number of rotatable bonds is 7. The summed E-state index contributed by atoms with van der Waals surface area (Å²) in [7, 11) is 0. The second-order valence-corrected chi connectivity index (χ2v) is 7.92. The van der Waals surface area contributed by atoms with Crippen molar-refractivity contribution in [3.8, 4) is 0 Å². The van der Waals surface area contributed by atoms with Crippen molar-refractivity contribution in [2.45, 2.75) is 13.8 Å². The minimum Gasteiger partial charge on any atom is -0.551 e. The minimum atomic E-state index is -0.341. The number of carbonyl (C=O) groups is 1. The summed E-state index contributed by atoms with van der Waals surface area (Å²) in [5.74, 6) is 0.460. The lowest BCUT2D eigenvalue weighted by molar-refractivity contribution is 0.104. The number of hydrogen-bond acceptors (Lipinski definition) is 2. The maximum absolute atomic E-state index is 13.0. The molecule has 0 atom stereocenters. The number of aryl methyl sites for hydroxylation is 2. The maximum Gasteiger partial charge on any atom is 0.426 e. The molecule has 3 heteroatoms. The van der Waals surface area contributed by atoms with E-state index in [9.17, 15) is 4.79 Å². The molecule has 0 N–H and O–H groups in total. The standard InChI is InChI=1S/C29H25BO2/c1-22-13-17-26(18-14-22)30(27-19-15-23(2)16-20-27)32-29(25-11-7-4-8-12-25)21-28(31)24-9-5-3-6-10-24/h3-21H,1-2H3/b29-21-. The summed E-state index contributed by atoms with van der Waals surface area (Å²) < 4.78 is 6.62. The van der Waals surface area contributed by atoms with Gasteiger partial charge in [0.1, 0.15) is 5.76 Å². The molecule has 0 aliphatic heterocycles. The van der Waals surface area contributed by atoms with Crippen molar-refractivity contribution in [3.05, 3.63) is 138 Å². The Morgan fingerprint density at radius 2 is 1.06 bits per heavy atom. The largest absolute Gasteiger partial charge is 0.551 e. The Balaban J connectivity index is 1.77. The molecule has 0 amide bonds. The van der Waals surface area contributed by atoms with E-state index in [0.29, 0.717) is 11.3 Å². The summed E-state index contributed by atoms with van der Waals surface area (Å²) in [6.45, 7) is 3.80. The molecule has 0 saturated heterocycles. The fraction of sp³-hybridized carbons (Fsp3) is 0.0690. The fourth-order valence-corrected chi connectivity index (χ4v) is 3.53. The number of carbonyl (C=O) groups excluding carboxylic acids is 1. The van der Waals surface area contributed by atoms with Crippen LogP contribution >= 0.6 is 0 Å². The highest BCUT2D eigenvalue weighted by atomic mass is 16.4. The first-order chi connectivity index (χ1) is 15.6. The molecule has 0 spiro atoms. The Morgan fingerprint density at radius 1 is 0.625 bits per heavy atom. The lowest BCUT2D eigenvalue weighted by Gasteiger charge is -2.20. The molecule has 156 valence electrons. The van der Waals surface area contributed by atoms with Gasteiger partial charge in [0.25, 0.3) is 0 Å². The predicted octanol–water partition coefficient (Wildman–Crippen LogP) is 5.35. The van der Waals surface area contributed by atoms with Crippen LogP contribution in [0.1, 0.15) is 27.0 Å². The van der Waals surface area contributed by atoms with Gasteiger partial charge in [0.05, 0.1) is 0 Å². The second kappa shape index (κ2) is 9.97. The van der Waals surface area contributed by atoms with E-state index in [1.54, 1.807) is 6.08 Å². The Labute approximate surface area is 190 Å². The summed E-state index contributed by atoms with van der Waals surface area (Å²) in [6.07, 6.45) is 1.60. The molecule has 4 aromatic rings. The van der Waals surface area contributed by atoms with Crippen LogP contribution in [0, 0.1) is 13.8 Å². The molecule has 4 rings (SSSR count). The van der Waals surface area contributed by atoms with E-state index in [-0.39, 0.29) is 12.7 Å². The van der Waals surface area contributed by atoms with Crippen molar-refractivity contribution in [3.63, 3.8) is 0 Å². The zero-order valence-corrected chi connectivity index (χ0v) is 18.4. The van der Waals surface area contributed by atoms with E-state index < -0.39 is 0 Å². The normalized spacial score (nSPS) is 11.1. The predicted molar refractivity (Wildman–Crippen MR) is 134 cm³/mol. The molecule has 4 aromatic carbocycles. The van der Waals surface area contributed by atoms with Crippen molar-refractivity contribution >= 4 is 29.4 Å². The number of ketones is 1. The molecule has 2 nitrogen and oxygen atoms in total. The molecule has 0 heterocycles. The summed E-state index contributed by atoms with van der Waals surface area (Å²) in [4.78, 5) is 13.0. The van der Waals surface area contributed by atoms with E-state index in [1.807, 2.05) is 60.7 Å². The molecule has 0 aromatic heterocycles. The third-order valence-electron chi connectivity index (χ3n) is 5.38. The highest BCUT2D eigenvalue weighted by molar-refractivity contribution is 6.80. The van der Waals surface area contributed by atoms with Crippen LogP contribution in [-0.2, 0) is 4.65 Å². The molecule has 0 aliphatic carbocycles. The third-order valence-corrected chi connectivity index (χ3v) is 5.38. The molecule has 0 aliphatic rings.